The van der Waals surface area contributed by atoms with Gasteiger partial charge in [-0.05, 0) is 45.1 Å². The number of hydrogen-bond donors (Lipinski definition) is 0. The summed E-state index contributed by atoms with van der Waals surface area (Å²) in [5, 5.41) is 4.61. The van der Waals surface area contributed by atoms with E-state index in [1.165, 1.54) is 0 Å². The third-order valence-electron chi connectivity index (χ3n) is 6.47. The molecule has 3 fully saturated rings. The van der Waals surface area contributed by atoms with Crippen molar-refractivity contribution in [1.29, 1.82) is 0 Å². The van der Waals surface area contributed by atoms with E-state index >= 15 is 0 Å². The van der Waals surface area contributed by atoms with Gasteiger partial charge in [0.15, 0.2) is 5.69 Å². The fourth-order valence-corrected chi connectivity index (χ4v) is 5.18. The van der Waals surface area contributed by atoms with E-state index in [0.29, 0.717) is 22.7 Å². The maximum atomic E-state index is 12.8. The van der Waals surface area contributed by atoms with E-state index in [4.69, 9.17) is 11.6 Å². The van der Waals surface area contributed by atoms with Crippen LogP contribution in [-0.4, -0.2) is 81.6 Å². The summed E-state index contributed by atoms with van der Waals surface area (Å²) in [5.74, 6) is 0.434. The lowest BCUT2D eigenvalue weighted by molar-refractivity contribution is -0.136. The summed E-state index contributed by atoms with van der Waals surface area (Å²) in [4.78, 5) is 31.9. The van der Waals surface area contributed by atoms with Crippen molar-refractivity contribution in [2.45, 2.75) is 44.6 Å². The van der Waals surface area contributed by atoms with Crippen LogP contribution >= 0.6 is 11.6 Å². The molecule has 0 spiro atoms. The monoisotopic (exact) mass is 407 g/mol. The van der Waals surface area contributed by atoms with E-state index in [1.54, 1.807) is 17.9 Å². The molecule has 4 heterocycles. The second-order valence-corrected chi connectivity index (χ2v) is 8.80. The van der Waals surface area contributed by atoms with Crippen LogP contribution in [0.3, 0.4) is 0 Å². The Hall–Kier alpha value is -1.60. The molecule has 8 heteroatoms. The molecule has 0 bridgehead atoms. The molecule has 2 amide bonds. The van der Waals surface area contributed by atoms with Crippen LogP contribution < -0.4 is 0 Å². The molecule has 4 rings (SSSR count). The largest absolute Gasteiger partial charge is 0.342 e. The Morgan fingerprint density at radius 2 is 1.71 bits per heavy atom. The van der Waals surface area contributed by atoms with E-state index in [0.717, 1.165) is 77.8 Å². The summed E-state index contributed by atoms with van der Waals surface area (Å²) in [6, 6.07) is 0.456. The summed E-state index contributed by atoms with van der Waals surface area (Å²) < 4.78 is 1.58. The summed E-state index contributed by atoms with van der Waals surface area (Å²) in [6.45, 7) is 5.25. The van der Waals surface area contributed by atoms with Crippen LogP contribution in [0, 0.1) is 5.92 Å². The summed E-state index contributed by atoms with van der Waals surface area (Å²) >= 11 is 6.13. The molecule has 28 heavy (non-hydrogen) atoms. The predicted molar refractivity (Wildman–Crippen MR) is 107 cm³/mol. The van der Waals surface area contributed by atoms with E-state index in [-0.39, 0.29) is 11.8 Å². The zero-order valence-electron chi connectivity index (χ0n) is 16.6. The molecule has 0 aliphatic carbocycles. The summed E-state index contributed by atoms with van der Waals surface area (Å²) in [7, 11) is 1.77. The zero-order chi connectivity index (χ0) is 19.7. The standard InChI is InChI=1S/C20H30ClN5O2/c1-23-14-17(21)18(22-23)20(28)25-11-6-16(7-12-25)26-10-4-5-15(13-26)19(27)24-8-2-3-9-24/h14-16H,2-13H2,1H3. The van der Waals surface area contributed by atoms with Gasteiger partial charge in [-0.25, -0.2) is 0 Å². The molecule has 0 aromatic carbocycles. The lowest BCUT2D eigenvalue weighted by Crippen LogP contribution is -2.51. The average Bonchev–Trinajstić information content (AvgIpc) is 3.37. The summed E-state index contributed by atoms with van der Waals surface area (Å²) in [5.41, 5.74) is 0.344. The fraction of sp³-hybridized carbons (Fsp3) is 0.750. The maximum absolute atomic E-state index is 12.8. The van der Waals surface area contributed by atoms with Crippen molar-refractivity contribution in [3.05, 3.63) is 16.9 Å². The number of hydrogen-bond acceptors (Lipinski definition) is 4. The van der Waals surface area contributed by atoms with E-state index < -0.39 is 0 Å². The van der Waals surface area contributed by atoms with Crippen LogP contribution in [0.4, 0.5) is 0 Å². The Balaban J connectivity index is 1.31. The van der Waals surface area contributed by atoms with Crippen molar-refractivity contribution < 1.29 is 9.59 Å². The molecule has 3 aliphatic rings. The van der Waals surface area contributed by atoms with Gasteiger partial charge in [-0.3, -0.25) is 19.2 Å². The molecule has 3 aliphatic heterocycles. The van der Waals surface area contributed by atoms with Gasteiger partial charge in [0.05, 0.1) is 10.9 Å². The van der Waals surface area contributed by atoms with Gasteiger partial charge < -0.3 is 9.80 Å². The average molecular weight is 408 g/mol. The van der Waals surface area contributed by atoms with Crippen molar-refractivity contribution in [1.82, 2.24) is 24.5 Å². The molecule has 0 saturated carbocycles. The zero-order valence-corrected chi connectivity index (χ0v) is 17.4. The smallest absolute Gasteiger partial charge is 0.275 e. The highest BCUT2D eigenvalue weighted by atomic mass is 35.5. The van der Waals surface area contributed by atoms with Crippen LogP contribution in [0.2, 0.25) is 5.02 Å². The third-order valence-corrected chi connectivity index (χ3v) is 6.75. The normalized spacial score (nSPS) is 24.7. The molecule has 0 radical (unpaired) electrons. The molecule has 1 atom stereocenters. The minimum absolute atomic E-state index is 0.0789. The number of aromatic nitrogens is 2. The first-order valence-electron chi connectivity index (χ1n) is 10.5. The van der Waals surface area contributed by atoms with Crippen molar-refractivity contribution in [3.63, 3.8) is 0 Å². The van der Waals surface area contributed by atoms with Crippen LogP contribution in [0.1, 0.15) is 49.0 Å². The van der Waals surface area contributed by atoms with Gasteiger partial charge in [-0.15, -0.1) is 0 Å². The van der Waals surface area contributed by atoms with Gasteiger partial charge in [-0.2, -0.15) is 5.10 Å². The van der Waals surface area contributed by atoms with E-state index in [9.17, 15) is 9.59 Å². The Labute approximate surface area is 171 Å². The number of rotatable bonds is 3. The molecule has 0 N–H and O–H groups in total. The first-order valence-corrected chi connectivity index (χ1v) is 10.9. The molecular formula is C20H30ClN5O2. The molecule has 7 nitrogen and oxygen atoms in total. The topological polar surface area (TPSA) is 61.7 Å². The number of amides is 2. The molecule has 1 aromatic rings. The number of nitrogens with zero attached hydrogens (tertiary/aromatic N) is 5. The van der Waals surface area contributed by atoms with Crippen LogP contribution in [0.25, 0.3) is 0 Å². The Bertz CT molecular complexity index is 722. The highest BCUT2D eigenvalue weighted by Crippen LogP contribution is 2.27. The number of halogens is 1. The lowest BCUT2D eigenvalue weighted by Gasteiger charge is -2.42. The number of piperidine rings is 2. The van der Waals surface area contributed by atoms with Crippen LogP contribution in [0.5, 0.6) is 0 Å². The number of aryl methyl sites for hydroxylation is 1. The van der Waals surface area contributed by atoms with Crippen LogP contribution in [-0.2, 0) is 11.8 Å². The number of carbonyl (C=O) groups is 2. The molecule has 3 saturated heterocycles. The molecule has 1 unspecified atom stereocenters. The van der Waals surface area contributed by atoms with Gasteiger partial charge in [0.1, 0.15) is 0 Å². The van der Waals surface area contributed by atoms with Crippen molar-refractivity contribution >= 4 is 23.4 Å². The first-order chi connectivity index (χ1) is 13.5. The quantitative estimate of drug-likeness (QED) is 0.769. The summed E-state index contributed by atoms with van der Waals surface area (Å²) in [6.07, 6.45) is 7.95. The SMILES string of the molecule is Cn1cc(Cl)c(C(=O)N2CCC(N3CCCC(C(=O)N4CCCC4)C3)CC2)n1. The molecular weight excluding hydrogens is 378 g/mol. The number of likely N-dealkylation sites (tertiary alicyclic amines) is 3. The molecule has 1 aromatic heterocycles. The van der Waals surface area contributed by atoms with E-state index in [1.807, 2.05) is 4.90 Å². The first kappa shape index (κ1) is 19.7. The van der Waals surface area contributed by atoms with Gasteiger partial charge in [0, 0.05) is 52.0 Å². The van der Waals surface area contributed by atoms with Crippen molar-refractivity contribution in [2.24, 2.45) is 13.0 Å². The van der Waals surface area contributed by atoms with E-state index in [2.05, 4.69) is 14.9 Å². The minimum Gasteiger partial charge on any atom is -0.342 e. The number of carbonyl (C=O) groups excluding carboxylic acids is 2. The third kappa shape index (κ3) is 4.06. The van der Waals surface area contributed by atoms with Crippen molar-refractivity contribution in [3.8, 4) is 0 Å². The second kappa shape index (κ2) is 8.41. The van der Waals surface area contributed by atoms with Gasteiger partial charge in [0.25, 0.3) is 5.91 Å². The van der Waals surface area contributed by atoms with Gasteiger partial charge >= 0.3 is 0 Å². The fourth-order valence-electron chi connectivity index (χ4n) is 4.92. The molecule has 154 valence electrons. The van der Waals surface area contributed by atoms with Crippen molar-refractivity contribution in [2.75, 3.05) is 39.3 Å². The minimum atomic E-state index is -0.0789. The Morgan fingerprint density at radius 1 is 1.00 bits per heavy atom. The lowest BCUT2D eigenvalue weighted by atomic mass is 9.93. The Morgan fingerprint density at radius 3 is 2.36 bits per heavy atom. The Kier molecular flexibility index (Phi) is 5.92. The van der Waals surface area contributed by atoms with Crippen LogP contribution in [0.15, 0.2) is 6.20 Å². The van der Waals surface area contributed by atoms with Gasteiger partial charge in [-0.1, -0.05) is 11.6 Å². The maximum Gasteiger partial charge on any atom is 0.275 e. The highest BCUT2D eigenvalue weighted by Gasteiger charge is 2.35. The predicted octanol–water partition coefficient (Wildman–Crippen LogP) is 2.01. The second-order valence-electron chi connectivity index (χ2n) is 8.39. The highest BCUT2D eigenvalue weighted by molar-refractivity contribution is 6.33. The van der Waals surface area contributed by atoms with Gasteiger partial charge in [0.2, 0.25) is 5.91 Å².